The molecule has 0 amide bonds. The van der Waals surface area contributed by atoms with E-state index in [0.717, 1.165) is 46.4 Å². The van der Waals surface area contributed by atoms with Gasteiger partial charge in [-0.3, -0.25) is 14.6 Å². The van der Waals surface area contributed by atoms with E-state index >= 15 is 0 Å². The molecular formula is C25H27N5. The van der Waals surface area contributed by atoms with E-state index < -0.39 is 0 Å². The number of pyridine rings is 2. The van der Waals surface area contributed by atoms with Gasteiger partial charge in [0.05, 0.1) is 29.0 Å². The van der Waals surface area contributed by atoms with E-state index in [4.69, 9.17) is 10.1 Å². The number of fused-ring (bicyclic) bond motifs is 2. The van der Waals surface area contributed by atoms with Gasteiger partial charge in [0.25, 0.3) is 0 Å². The summed E-state index contributed by atoms with van der Waals surface area (Å²) >= 11 is 0. The number of aromatic nitrogens is 5. The Morgan fingerprint density at radius 3 is 2.70 bits per heavy atom. The molecule has 30 heavy (non-hydrogen) atoms. The van der Waals surface area contributed by atoms with Crippen LogP contribution in [0.2, 0.25) is 0 Å². The maximum atomic E-state index is 5.03. The van der Waals surface area contributed by atoms with Gasteiger partial charge in [-0.05, 0) is 68.9 Å². The topological polar surface area (TPSA) is 48.5 Å². The van der Waals surface area contributed by atoms with Gasteiger partial charge < -0.3 is 4.57 Å². The standard InChI is InChI=1S/C25H27N5/c1-16(2)30-24(25-19-7-5-8-20(19)25)13-22(28-30)17-12-23-21(27-14-17)9-11-29(23)15-18-6-3-4-10-26-18/h3-4,6,9-14,16,19-20,25H,5,7-8,15H2,1-2H3/t19-,20+,25?. The second-order valence-electron chi connectivity index (χ2n) is 9.17. The zero-order chi connectivity index (χ0) is 20.2. The van der Waals surface area contributed by atoms with Crippen molar-refractivity contribution in [1.82, 2.24) is 24.3 Å². The van der Waals surface area contributed by atoms with Gasteiger partial charge >= 0.3 is 0 Å². The molecule has 4 aromatic heterocycles. The molecule has 2 saturated carbocycles. The molecule has 152 valence electrons. The molecule has 0 spiro atoms. The summed E-state index contributed by atoms with van der Waals surface area (Å²) in [6.45, 7) is 5.21. The van der Waals surface area contributed by atoms with Crippen LogP contribution in [0.4, 0.5) is 0 Å². The van der Waals surface area contributed by atoms with Crippen LogP contribution in [0.3, 0.4) is 0 Å². The highest BCUT2D eigenvalue weighted by molar-refractivity contribution is 5.80. The van der Waals surface area contributed by atoms with Gasteiger partial charge in [-0.2, -0.15) is 5.10 Å². The minimum atomic E-state index is 0.375. The summed E-state index contributed by atoms with van der Waals surface area (Å²) in [7, 11) is 0. The molecule has 0 N–H and O–H groups in total. The van der Waals surface area contributed by atoms with E-state index in [2.05, 4.69) is 58.5 Å². The Hall–Kier alpha value is -2.95. The fourth-order valence-corrected chi connectivity index (χ4v) is 5.48. The Morgan fingerprint density at radius 2 is 1.93 bits per heavy atom. The first kappa shape index (κ1) is 17.9. The van der Waals surface area contributed by atoms with Crippen molar-refractivity contribution in [2.24, 2.45) is 11.8 Å². The molecule has 5 heteroatoms. The zero-order valence-corrected chi connectivity index (χ0v) is 17.6. The molecule has 4 aromatic rings. The van der Waals surface area contributed by atoms with Crippen LogP contribution in [0.25, 0.3) is 22.3 Å². The summed E-state index contributed by atoms with van der Waals surface area (Å²) in [6.07, 6.45) is 10.1. The minimum Gasteiger partial charge on any atom is -0.340 e. The number of hydrogen-bond acceptors (Lipinski definition) is 3. The Balaban J connectivity index is 1.37. The molecule has 6 rings (SSSR count). The number of hydrogen-bond donors (Lipinski definition) is 0. The van der Waals surface area contributed by atoms with Gasteiger partial charge in [0.2, 0.25) is 0 Å². The van der Waals surface area contributed by atoms with Gasteiger partial charge in [0.15, 0.2) is 0 Å². The Morgan fingerprint density at radius 1 is 1.07 bits per heavy atom. The average molecular weight is 398 g/mol. The summed E-state index contributed by atoms with van der Waals surface area (Å²) in [4.78, 5) is 9.20. The number of rotatable bonds is 5. The monoisotopic (exact) mass is 397 g/mol. The second kappa shape index (κ2) is 6.79. The second-order valence-corrected chi connectivity index (χ2v) is 9.17. The summed E-state index contributed by atoms with van der Waals surface area (Å²) in [5, 5.41) is 5.03. The molecule has 0 bridgehead atoms. The van der Waals surface area contributed by atoms with E-state index in [9.17, 15) is 0 Å². The van der Waals surface area contributed by atoms with Crippen molar-refractivity contribution < 1.29 is 0 Å². The molecule has 5 nitrogen and oxygen atoms in total. The van der Waals surface area contributed by atoms with Gasteiger partial charge in [-0.1, -0.05) is 12.5 Å². The maximum Gasteiger partial charge on any atom is 0.0942 e. The van der Waals surface area contributed by atoms with Crippen LogP contribution in [-0.2, 0) is 6.54 Å². The largest absolute Gasteiger partial charge is 0.340 e. The Kier molecular flexibility index (Phi) is 4.05. The molecule has 0 aliphatic heterocycles. The quantitative estimate of drug-likeness (QED) is 0.451. The van der Waals surface area contributed by atoms with Crippen LogP contribution in [0, 0.1) is 11.8 Å². The molecule has 0 radical (unpaired) electrons. The van der Waals surface area contributed by atoms with Crippen molar-refractivity contribution in [2.45, 2.75) is 51.6 Å². The van der Waals surface area contributed by atoms with Crippen molar-refractivity contribution in [3.05, 3.63) is 66.4 Å². The number of nitrogens with zero attached hydrogens (tertiary/aromatic N) is 5. The van der Waals surface area contributed by atoms with E-state index in [1.54, 1.807) is 0 Å². The van der Waals surface area contributed by atoms with Gasteiger partial charge in [-0.15, -0.1) is 0 Å². The predicted molar refractivity (Wildman–Crippen MR) is 118 cm³/mol. The lowest BCUT2D eigenvalue weighted by atomic mass is 10.1. The third-order valence-electron chi connectivity index (χ3n) is 6.98. The summed E-state index contributed by atoms with van der Waals surface area (Å²) in [5.74, 6) is 2.50. The van der Waals surface area contributed by atoms with Gasteiger partial charge in [0, 0.05) is 41.8 Å². The third-order valence-corrected chi connectivity index (χ3v) is 6.98. The predicted octanol–water partition coefficient (Wildman–Crippen LogP) is 5.44. The molecule has 4 heterocycles. The van der Waals surface area contributed by atoms with Crippen molar-refractivity contribution in [3.8, 4) is 11.3 Å². The lowest BCUT2D eigenvalue weighted by Gasteiger charge is -2.11. The fourth-order valence-electron chi connectivity index (χ4n) is 5.48. The van der Waals surface area contributed by atoms with E-state index in [0.29, 0.717) is 12.0 Å². The summed E-state index contributed by atoms with van der Waals surface area (Å²) < 4.78 is 4.48. The van der Waals surface area contributed by atoms with Gasteiger partial charge in [-0.25, -0.2) is 0 Å². The van der Waals surface area contributed by atoms with Crippen molar-refractivity contribution >= 4 is 11.0 Å². The highest BCUT2D eigenvalue weighted by atomic mass is 15.3. The zero-order valence-electron chi connectivity index (χ0n) is 17.6. The highest BCUT2D eigenvalue weighted by Gasteiger charge is 2.54. The molecule has 0 saturated heterocycles. The van der Waals surface area contributed by atoms with Crippen LogP contribution < -0.4 is 0 Å². The van der Waals surface area contributed by atoms with Gasteiger partial charge in [0.1, 0.15) is 0 Å². The van der Waals surface area contributed by atoms with Crippen LogP contribution >= 0.6 is 0 Å². The Labute approximate surface area is 176 Å². The molecule has 3 atom stereocenters. The lowest BCUT2D eigenvalue weighted by Crippen LogP contribution is -2.08. The first-order valence-corrected chi connectivity index (χ1v) is 11.1. The SMILES string of the molecule is CC(C)n1nc(-c2cnc3ccn(Cc4ccccn4)c3c2)cc1C1[C@H]2CCC[C@@H]12. The van der Waals surface area contributed by atoms with Crippen LogP contribution in [0.1, 0.15) is 56.5 Å². The minimum absolute atomic E-state index is 0.375. The van der Waals surface area contributed by atoms with E-state index in [1.165, 1.54) is 25.0 Å². The Bertz CT molecular complexity index is 1190. The third kappa shape index (κ3) is 2.87. The summed E-state index contributed by atoms with van der Waals surface area (Å²) in [6, 6.07) is 13.1. The first-order chi connectivity index (χ1) is 14.7. The van der Waals surface area contributed by atoms with E-state index in [-0.39, 0.29) is 0 Å². The van der Waals surface area contributed by atoms with Crippen LogP contribution in [0.5, 0.6) is 0 Å². The molecule has 1 unspecified atom stereocenters. The lowest BCUT2D eigenvalue weighted by molar-refractivity contribution is 0.497. The molecule has 2 aliphatic rings. The highest BCUT2D eigenvalue weighted by Crippen LogP contribution is 2.63. The fraction of sp³-hybridized carbons (Fsp3) is 0.400. The molecule has 0 aromatic carbocycles. The van der Waals surface area contributed by atoms with Crippen molar-refractivity contribution in [2.75, 3.05) is 0 Å². The van der Waals surface area contributed by atoms with Crippen LogP contribution in [0.15, 0.2) is 55.0 Å². The van der Waals surface area contributed by atoms with Crippen LogP contribution in [-0.4, -0.2) is 24.3 Å². The molecular weight excluding hydrogens is 370 g/mol. The summed E-state index contributed by atoms with van der Waals surface area (Å²) in [5.41, 5.74) is 6.75. The maximum absolute atomic E-state index is 5.03. The average Bonchev–Trinajstić information content (AvgIpc) is 3.21. The molecule has 2 aliphatic carbocycles. The molecule has 2 fully saturated rings. The van der Waals surface area contributed by atoms with E-state index in [1.807, 2.05) is 24.5 Å². The first-order valence-electron chi connectivity index (χ1n) is 11.1. The van der Waals surface area contributed by atoms with Crippen molar-refractivity contribution in [1.29, 1.82) is 0 Å². The van der Waals surface area contributed by atoms with Crippen molar-refractivity contribution in [3.63, 3.8) is 0 Å². The smallest absolute Gasteiger partial charge is 0.0942 e. The normalized spacial score (nSPS) is 22.7.